The molecule has 0 saturated heterocycles. The smallest absolute Gasteiger partial charge is 0.127 e. The Labute approximate surface area is 139 Å². The summed E-state index contributed by atoms with van der Waals surface area (Å²) >= 11 is 0. The predicted octanol–water partition coefficient (Wildman–Crippen LogP) is 5.18. The van der Waals surface area contributed by atoms with Crippen LogP contribution in [0.4, 0.5) is 5.82 Å². The van der Waals surface area contributed by atoms with E-state index in [1.165, 1.54) is 35.8 Å². The Morgan fingerprint density at radius 3 is 2.65 bits per heavy atom. The standard InChI is InChI=1S/C20H27N3/c1-2-3-6-10-18-15-17-12-11-16(9-7-4-5-8-13-21)14-19(17)23-20(18)22/h11-12,14-15H,2-10H2,1H3,(H2,22,23). The molecule has 1 aromatic carbocycles. The minimum absolute atomic E-state index is 0.663. The van der Waals surface area contributed by atoms with E-state index in [0.717, 1.165) is 37.6 Å². The molecule has 0 aliphatic heterocycles. The van der Waals surface area contributed by atoms with Crippen LogP contribution in [-0.4, -0.2) is 4.98 Å². The first kappa shape index (κ1) is 17.3. The molecule has 3 nitrogen and oxygen atoms in total. The van der Waals surface area contributed by atoms with Gasteiger partial charge in [-0.2, -0.15) is 5.26 Å². The monoisotopic (exact) mass is 309 g/mol. The Morgan fingerprint density at radius 2 is 1.87 bits per heavy atom. The fourth-order valence-electron chi connectivity index (χ4n) is 2.90. The molecule has 3 heteroatoms. The number of nitriles is 1. The first-order chi connectivity index (χ1) is 11.2. The maximum Gasteiger partial charge on any atom is 0.127 e. The van der Waals surface area contributed by atoms with Crippen LogP contribution in [0.15, 0.2) is 24.3 Å². The highest BCUT2D eigenvalue weighted by Crippen LogP contribution is 2.22. The average Bonchev–Trinajstić information content (AvgIpc) is 2.55. The van der Waals surface area contributed by atoms with Crippen molar-refractivity contribution in [2.75, 3.05) is 5.73 Å². The largest absolute Gasteiger partial charge is 0.383 e. The van der Waals surface area contributed by atoms with Crippen LogP contribution in [0.1, 0.15) is 63.0 Å². The summed E-state index contributed by atoms with van der Waals surface area (Å²) < 4.78 is 0. The third kappa shape index (κ3) is 5.25. The molecule has 0 aliphatic rings. The lowest BCUT2D eigenvalue weighted by Crippen LogP contribution is -1.99. The van der Waals surface area contributed by atoms with Crippen LogP contribution in [-0.2, 0) is 12.8 Å². The van der Waals surface area contributed by atoms with Crippen molar-refractivity contribution in [2.24, 2.45) is 0 Å². The molecule has 122 valence electrons. The zero-order valence-corrected chi connectivity index (χ0v) is 14.1. The molecule has 0 aliphatic carbocycles. The maximum atomic E-state index is 8.55. The number of rotatable bonds is 9. The summed E-state index contributed by atoms with van der Waals surface area (Å²) in [4.78, 5) is 4.61. The summed E-state index contributed by atoms with van der Waals surface area (Å²) in [6.45, 7) is 2.21. The van der Waals surface area contributed by atoms with Crippen molar-refractivity contribution in [3.63, 3.8) is 0 Å². The van der Waals surface area contributed by atoms with Gasteiger partial charge in [-0.1, -0.05) is 38.3 Å². The minimum Gasteiger partial charge on any atom is -0.383 e. The summed E-state index contributed by atoms with van der Waals surface area (Å²) in [5.41, 5.74) is 9.61. The minimum atomic E-state index is 0.663. The van der Waals surface area contributed by atoms with Crippen molar-refractivity contribution < 1.29 is 0 Å². The summed E-state index contributed by atoms with van der Waals surface area (Å²) in [6.07, 6.45) is 9.59. The van der Waals surface area contributed by atoms with Crippen LogP contribution in [0.5, 0.6) is 0 Å². The van der Waals surface area contributed by atoms with E-state index in [9.17, 15) is 0 Å². The molecule has 2 rings (SSSR count). The van der Waals surface area contributed by atoms with Crippen molar-refractivity contribution >= 4 is 16.7 Å². The summed E-state index contributed by atoms with van der Waals surface area (Å²) in [5, 5.41) is 9.73. The van der Waals surface area contributed by atoms with Crippen molar-refractivity contribution in [1.82, 2.24) is 4.98 Å². The number of fused-ring (bicyclic) bond motifs is 1. The first-order valence-electron chi connectivity index (χ1n) is 8.79. The number of nitrogens with two attached hydrogens (primary N) is 1. The van der Waals surface area contributed by atoms with Gasteiger partial charge in [-0.15, -0.1) is 0 Å². The fourth-order valence-corrected chi connectivity index (χ4v) is 2.90. The van der Waals surface area contributed by atoms with Gasteiger partial charge in [0.25, 0.3) is 0 Å². The Balaban J connectivity index is 2.02. The van der Waals surface area contributed by atoms with Gasteiger partial charge in [0.15, 0.2) is 0 Å². The van der Waals surface area contributed by atoms with E-state index in [0.29, 0.717) is 12.2 Å². The van der Waals surface area contributed by atoms with Crippen LogP contribution in [0.2, 0.25) is 0 Å². The second-order valence-electron chi connectivity index (χ2n) is 6.24. The quantitative estimate of drug-likeness (QED) is 0.649. The molecule has 0 fully saturated rings. The van der Waals surface area contributed by atoms with Crippen LogP contribution < -0.4 is 5.73 Å². The highest BCUT2D eigenvalue weighted by atomic mass is 14.8. The number of nitrogens with zero attached hydrogens (tertiary/aromatic N) is 2. The third-order valence-corrected chi connectivity index (χ3v) is 4.30. The van der Waals surface area contributed by atoms with Gasteiger partial charge in [-0.25, -0.2) is 4.98 Å². The second kappa shape index (κ2) is 9.15. The number of aromatic nitrogens is 1. The number of hydrogen-bond acceptors (Lipinski definition) is 3. The number of aryl methyl sites for hydroxylation is 2. The van der Waals surface area contributed by atoms with Gasteiger partial charge < -0.3 is 5.73 Å². The molecule has 23 heavy (non-hydrogen) atoms. The van der Waals surface area contributed by atoms with Crippen molar-refractivity contribution in [1.29, 1.82) is 5.26 Å². The van der Waals surface area contributed by atoms with Gasteiger partial charge in [0.05, 0.1) is 11.6 Å². The Hall–Kier alpha value is -2.08. The second-order valence-corrected chi connectivity index (χ2v) is 6.24. The highest BCUT2D eigenvalue weighted by Gasteiger charge is 2.05. The SMILES string of the molecule is CCCCCc1cc2ccc(CCCCCC#N)cc2nc1N. The van der Waals surface area contributed by atoms with Crippen molar-refractivity contribution in [2.45, 2.75) is 64.7 Å². The molecule has 2 aromatic rings. The lowest BCUT2D eigenvalue weighted by Gasteiger charge is -2.08. The number of pyridine rings is 1. The van der Waals surface area contributed by atoms with E-state index in [-0.39, 0.29) is 0 Å². The fraction of sp³-hybridized carbons (Fsp3) is 0.500. The van der Waals surface area contributed by atoms with Gasteiger partial charge in [0, 0.05) is 11.8 Å². The summed E-state index contributed by atoms with van der Waals surface area (Å²) in [7, 11) is 0. The molecule has 2 N–H and O–H groups in total. The number of anilines is 1. The van der Waals surface area contributed by atoms with Crippen LogP contribution in [0.3, 0.4) is 0 Å². The van der Waals surface area contributed by atoms with E-state index in [1.807, 2.05) is 0 Å². The van der Waals surface area contributed by atoms with Gasteiger partial charge in [0.1, 0.15) is 5.82 Å². The van der Waals surface area contributed by atoms with Crippen LogP contribution >= 0.6 is 0 Å². The molecule has 0 spiro atoms. The molecule has 0 bridgehead atoms. The molecule has 1 aromatic heterocycles. The predicted molar refractivity (Wildman–Crippen MR) is 97.2 cm³/mol. The Morgan fingerprint density at radius 1 is 1.04 bits per heavy atom. The molecule has 0 atom stereocenters. The third-order valence-electron chi connectivity index (χ3n) is 4.30. The van der Waals surface area contributed by atoms with Crippen LogP contribution in [0.25, 0.3) is 10.9 Å². The van der Waals surface area contributed by atoms with Gasteiger partial charge in [-0.3, -0.25) is 0 Å². The Kier molecular flexibility index (Phi) is 6.87. The molecular formula is C20H27N3. The van der Waals surface area contributed by atoms with Crippen molar-refractivity contribution in [3.8, 4) is 6.07 Å². The molecule has 0 unspecified atom stereocenters. The Bertz CT molecular complexity index is 670. The maximum absolute atomic E-state index is 8.55. The first-order valence-corrected chi connectivity index (χ1v) is 8.79. The van der Waals surface area contributed by atoms with E-state index in [1.54, 1.807) is 0 Å². The molecule has 0 amide bonds. The van der Waals surface area contributed by atoms with Crippen LogP contribution in [0, 0.1) is 11.3 Å². The van der Waals surface area contributed by atoms with Gasteiger partial charge >= 0.3 is 0 Å². The lowest BCUT2D eigenvalue weighted by atomic mass is 10.0. The molecule has 0 radical (unpaired) electrons. The summed E-state index contributed by atoms with van der Waals surface area (Å²) in [5.74, 6) is 0.680. The number of unbranched alkanes of at least 4 members (excludes halogenated alkanes) is 5. The topological polar surface area (TPSA) is 62.7 Å². The normalized spacial score (nSPS) is 10.8. The highest BCUT2D eigenvalue weighted by molar-refractivity contribution is 5.82. The van der Waals surface area contributed by atoms with E-state index >= 15 is 0 Å². The van der Waals surface area contributed by atoms with Gasteiger partial charge in [0.2, 0.25) is 0 Å². The molecule has 0 saturated carbocycles. The zero-order chi connectivity index (χ0) is 16.5. The van der Waals surface area contributed by atoms with Gasteiger partial charge in [-0.05, 0) is 55.4 Å². The number of benzene rings is 1. The summed E-state index contributed by atoms with van der Waals surface area (Å²) in [6, 6.07) is 10.9. The zero-order valence-electron chi connectivity index (χ0n) is 14.1. The van der Waals surface area contributed by atoms with E-state index in [2.05, 4.69) is 42.2 Å². The van der Waals surface area contributed by atoms with E-state index in [4.69, 9.17) is 11.0 Å². The molecular weight excluding hydrogens is 282 g/mol. The van der Waals surface area contributed by atoms with Crippen molar-refractivity contribution in [3.05, 3.63) is 35.4 Å². The lowest BCUT2D eigenvalue weighted by molar-refractivity contribution is 0.690. The van der Waals surface area contributed by atoms with E-state index < -0.39 is 0 Å². The number of hydrogen-bond donors (Lipinski definition) is 1. The molecule has 1 heterocycles. The number of nitrogen functional groups attached to an aromatic ring is 1. The average molecular weight is 309 g/mol.